The van der Waals surface area contributed by atoms with Gasteiger partial charge in [-0.15, -0.1) is 0 Å². The van der Waals surface area contributed by atoms with Crippen molar-refractivity contribution >= 4 is 22.3 Å². The third-order valence-electron chi connectivity index (χ3n) is 2.41. The fourth-order valence-electron chi connectivity index (χ4n) is 1.63. The zero-order valence-corrected chi connectivity index (χ0v) is 9.23. The highest BCUT2D eigenvalue weighted by Gasteiger charge is 2.04. The molecule has 2 rings (SSSR count). The number of hydrogen-bond acceptors (Lipinski definition) is 4. The van der Waals surface area contributed by atoms with E-state index in [4.69, 9.17) is 10.5 Å². The number of benzene rings is 1. The van der Waals surface area contributed by atoms with Crippen molar-refractivity contribution in [3.8, 4) is 0 Å². The molecule has 0 bridgehead atoms. The fourth-order valence-corrected chi connectivity index (χ4v) is 1.63. The average Bonchev–Trinajstić information content (AvgIpc) is 2.32. The molecule has 3 N–H and O–H groups in total. The summed E-state index contributed by atoms with van der Waals surface area (Å²) >= 11 is 0. The van der Waals surface area contributed by atoms with Gasteiger partial charge in [0.2, 0.25) is 0 Å². The van der Waals surface area contributed by atoms with Crippen LogP contribution >= 0.6 is 0 Å². The van der Waals surface area contributed by atoms with Gasteiger partial charge in [-0.2, -0.15) is 0 Å². The Morgan fingerprint density at radius 3 is 3.00 bits per heavy atom. The highest BCUT2D eigenvalue weighted by atomic mass is 16.5. The van der Waals surface area contributed by atoms with Gasteiger partial charge < -0.3 is 15.8 Å². The van der Waals surface area contributed by atoms with Crippen LogP contribution in [-0.2, 0) is 4.74 Å². The van der Waals surface area contributed by atoms with E-state index >= 15 is 0 Å². The van der Waals surface area contributed by atoms with Crippen LogP contribution in [0.3, 0.4) is 0 Å². The lowest BCUT2D eigenvalue weighted by Crippen LogP contribution is -2.09. The number of nitrogens with zero attached hydrogens (tertiary/aromatic N) is 1. The Labute approximate surface area is 94.4 Å². The van der Waals surface area contributed by atoms with E-state index in [9.17, 15) is 0 Å². The maximum absolute atomic E-state index is 5.90. The van der Waals surface area contributed by atoms with Gasteiger partial charge in [-0.05, 0) is 6.07 Å². The molecule has 0 atom stereocenters. The molecule has 0 amide bonds. The quantitative estimate of drug-likeness (QED) is 0.768. The number of ether oxygens (including phenoxy) is 1. The van der Waals surface area contributed by atoms with Gasteiger partial charge in [0.25, 0.3) is 0 Å². The van der Waals surface area contributed by atoms with Crippen molar-refractivity contribution in [1.29, 1.82) is 0 Å². The molecule has 4 nitrogen and oxygen atoms in total. The van der Waals surface area contributed by atoms with E-state index in [0.29, 0.717) is 12.3 Å². The summed E-state index contributed by atoms with van der Waals surface area (Å²) in [5.41, 5.74) is 8.44. The largest absolute Gasteiger partial charge is 0.396 e. The molecule has 1 aromatic heterocycles. The van der Waals surface area contributed by atoms with Gasteiger partial charge in [0.05, 0.1) is 29.7 Å². The van der Waals surface area contributed by atoms with Crippen LogP contribution in [0.25, 0.3) is 10.9 Å². The van der Waals surface area contributed by atoms with Gasteiger partial charge in [0.15, 0.2) is 0 Å². The van der Waals surface area contributed by atoms with Crippen molar-refractivity contribution in [1.82, 2.24) is 4.98 Å². The Hall–Kier alpha value is -1.81. The van der Waals surface area contributed by atoms with Crippen molar-refractivity contribution in [3.63, 3.8) is 0 Å². The molecule has 84 valence electrons. The molecule has 0 unspecified atom stereocenters. The number of rotatable bonds is 4. The number of nitrogens with two attached hydrogens (primary N) is 1. The first-order chi connectivity index (χ1) is 7.83. The van der Waals surface area contributed by atoms with E-state index in [1.807, 2.05) is 24.3 Å². The molecule has 16 heavy (non-hydrogen) atoms. The second-order valence-electron chi connectivity index (χ2n) is 3.53. The minimum absolute atomic E-state index is 0.649. The maximum atomic E-state index is 5.90. The van der Waals surface area contributed by atoms with Crippen LogP contribution < -0.4 is 11.1 Å². The first-order valence-electron chi connectivity index (χ1n) is 5.19. The molecule has 1 aromatic carbocycles. The minimum atomic E-state index is 0.649. The van der Waals surface area contributed by atoms with E-state index in [1.54, 1.807) is 13.3 Å². The molecule has 4 heteroatoms. The molecule has 0 saturated carbocycles. The molecule has 1 heterocycles. The van der Waals surface area contributed by atoms with Crippen molar-refractivity contribution in [2.45, 2.75) is 0 Å². The monoisotopic (exact) mass is 217 g/mol. The fraction of sp³-hybridized carbons (Fsp3) is 0.250. The van der Waals surface area contributed by atoms with E-state index in [0.717, 1.165) is 23.1 Å². The number of fused-ring (bicyclic) bond motifs is 1. The van der Waals surface area contributed by atoms with Crippen LogP contribution in [0.4, 0.5) is 11.4 Å². The smallest absolute Gasteiger partial charge is 0.0743 e. The summed E-state index contributed by atoms with van der Waals surface area (Å²) in [6, 6.07) is 7.92. The standard InChI is InChI=1S/C12H15N3O/c1-16-7-6-14-12-9-4-2-3-5-11(9)15-8-10(12)13/h2-5,8H,6-7,13H2,1H3,(H,14,15). The molecule has 0 spiro atoms. The van der Waals surface area contributed by atoms with Gasteiger partial charge in [-0.25, -0.2) is 0 Å². The van der Waals surface area contributed by atoms with E-state index in [2.05, 4.69) is 10.3 Å². The average molecular weight is 217 g/mol. The first-order valence-corrected chi connectivity index (χ1v) is 5.19. The lowest BCUT2D eigenvalue weighted by atomic mass is 10.1. The Kier molecular flexibility index (Phi) is 3.22. The van der Waals surface area contributed by atoms with Crippen LogP contribution in [0.5, 0.6) is 0 Å². The Morgan fingerprint density at radius 1 is 1.38 bits per heavy atom. The predicted octanol–water partition coefficient (Wildman–Crippen LogP) is 1.88. The Bertz CT molecular complexity index is 485. The minimum Gasteiger partial charge on any atom is -0.396 e. The van der Waals surface area contributed by atoms with E-state index in [-0.39, 0.29) is 0 Å². The summed E-state index contributed by atoms with van der Waals surface area (Å²) in [4.78, 5) is 4.27. The van der Waals surface area contributed by atoms with Crippen molar-refractivity contribution in [2.75, 3.05) is 31.3 Å². The number of para-hydroxylation sites is 1. The third kappa shape index (κ3) is 2.06. The van der Waals surface area contributed by atoms with Crippen molar-refractivity contribution in [2.24, 2.45) is 0 Å². The van der Waals surface area contributed by atoms with Gasteiger partial charge in [0.1, 0.15) is 0 Å². The lowest BCUT2D eigenvalue weighted by molar-refractivity contribution is 0.211. The number of hydrogen-bond donors (Lipinski definition) is 2. The normalized spacial score (nSPS) is 10.6. The highest BCUT2D eigenvalue weighted by Crippen LogP contribution is 2.27. The second kappa shape index (κ2) is 4.81. The molecule has 0 aliphatic carbocycles. The Morgan fingerprint density at radius 2 is 2.19 bits per heavy atom. The summed E-state index contributed by atoms with van der Waals surface area (Å²) < 4.78 is 5.00. The first kappa shape index (κ1) is 10.7. The van der Waals surface area contributed by atoms with Gasteiger partial charge in [0, 0.05) is 19.0 Å². The summed E-state index contributed by atoms with van der Waals surface area (Å²) in [7, 11) is 1.68. The summed E-state index contributed by atoms with van der Waals surface area (Å²) in [6.07, 6.45) is 1.68. The number of aromatic nitrogens is 1. The Balaban J connectivity index is 2.37. The lowest BCUT2D eigenvalue weighted by Gasteiger charge is -2.11. The molecular formula is C12H15N3O. The van der Waals surface area contributed by atoms with Crippen LogP contribution in [0, 0.1) is 0 Å². The van der Waals surface area contributed by atoms with Crippen LogP contribution in [0.2, 0.25) is 0 Å². The number of anilines is 2. The number of pyridine rings is 1. The molecule has 0 saturated heterocycles. The zero-order valence-electron chi connectivity index (χ0n) is 9.23. The van der Waals surface area contributed by atoms with Gasteiger partial charge in [-0.1, -0.05) is 18.2 Å². The molecular weight excluding hydrogens is 202 g/mol. The van der Waals surface area contributed by atoms with Crippen molar-refractivity contribution in [3.05, 3.63) is 30.5 Å². The van der Waals surface area contributed by atoms with Gasteiger partial charge >= 0.3 is 0 Å². The van der Waals surface area contributed by atoms with Crippen LogP contribution in [0.1, 0.15) is 0 Å². The van der Waals surface area contributed by atoms with Crippen LogP contribution in [-0.4, -0.2) is 25.2 Å². The van der Waals surface area contributed by atoms with Crippen LogP contribution in [0.15, 0.2) is 30.5 Å². The molecule has 0 aliphatic rings. The number of methoxy groups -OCH3 is 1. The van der Waals surface area contributed by atoms with Crippen molar-refractivity contribution < 1.29 is 4.74 Å². The topological polar surface area (TPSA) is 60.2 Å². The maximum Gasteiger partial charge on any atom is 0.0743 e. The zero-order chi connectivity index (χ0) is 11.4. The molecule has 0 aliphatic heterocycles. The summed E-state index contributed by atoms with van der Waals surface area (Å²) in [6.45, 7) is 1.38. The van der Waals surface area contributed by atoms with E-state index in [1.165, 1.54) is 0 Å². The highest BCUT2D eigenvalue weighted by molar-refractivity contribution is 5.96. The summed E-state index contributed by atoms with van der Waals surface area (Å²) in [5, 5.41) is 4.31. The molecule has 0 fully saturated rings. The second-order valence-corrected chi connectivity index (χ2v) is 3.53. The number of nitrogens with one attached hydrogen (secondary N) is 1. The van der Waals surface area contributed by atoms with E-state index < -0.39 is 0 Å². The molecule has 0 radical (unpaired) electrons. The predicted molar refractivity (Wildman–Crippen MR) is 66.5 cm³/mol. The summed E-state index contributed by atoms with van der Waals surface area (Å²) in [5.74, 6) is 0. The SMILES string of the molecule is COCCNc1c(N)cnc2ccccc12. The number of nitrogen functional groups attached to an aromatic ring is 1. The molecule has 2 aromatic rings. The van der Waals surface area contributed by atoms with Gasteiger partial charge in [-0.3, -0.25) is 4.98 Å². The third-order valence-corrected chi connectivity index (χ3v) is 2.41.